The summed E-state index contributed by atoms with van der Waals surface area (Å²) in [5, 5.41) is 4.74. The second-order valence-corrected chi connectivity index (χ2v) is 16.1. The summed E-state index contributed by atoms with van der Waals surface area (Å²) in [7, 11) is 0. The molecule has 296 valence electrons. The quantitative estimate of drug-likeness (QED) is 0.153. The van der Waals surface area contributed by atoms with E-state index in [0.29, 0.717) is 0 Å². The Kier molecular flexibility index (Phi) is 8.83. The first-order valence-corrected chi connectivity index (χ1v) is 21.5. The lowest BCUT2D eigenvalue weighted by atomic mass is 10.0. The monoisotopic (exact) mass is 804 g/mol. The molecule has 12 rings (SSSR count). The largest absolute Gasteiger partial charge is 0.455 e. The number of hydrogen-bond donors (Lipinski definition) is 0. The van der Waals surface area contributed by atoms with E-state index in [1.165, 1.54) is 55.2 Å². The van der Waals surface area contributed by atoms with Crippen molar-refractivity contribution in [1.82, 2.24) is 4.57 Å². The molecule has 10 aromatic carbocycles. The standard InChI is InChI=1S/C60H40N2O/c1-3-12-41(13-4-1)43-22-31-48(32-23-43)61(50-37-28-46(29-38-50)52-18-11-19-55-54-17-8-10-21-59(54)63-60(52)55)49-33-26-45(27-34-49)47-30-39-58-56(40-47)53-16-7-9-20-57(53)62(58)51-35-24-44(25-36-51)42-14-5-2-6-15-42/h1-40H. The van der Waals surface area contributed by atoms with Gasteiger partial charge in [-0.25, -0.2) is 0 Å². The van der Waals surface area contributed by atoms with Gasteiger partial charge in [0.25, 0.3) is 0 Å². The number of rotatable bonds is 8. The summed E-state index contributed by atoms with van der Waals surface area (Å²) < 4.78 is 8.81. The van der Waals surface area contributed by atoms with Crippen LogP contribution in [0.3, 0.4) is 0 Å². The van der Waals surface area contributed by atoms with Gasteiger partial charge in [0.05, 0.1) is 11.0 Å². The van der Waals surface area contributed by atoms with Crippen molar-refractivity contribution in [2.45, 2.75) is 0 Å². The van der Waals surface area contributed by atoms with E-state index in [-0.39, 0.29) is 0 Å². The van der Waals surface area contributed by atoms with E-state index in [1.807, 2.05) is 12.1 Å². The molecule has 0 N–H and O–H groups in total. The number of fused-ring (bicyclic) bond motifs is 6. The molecule has 0 saturated heterocycles. The molecule has 12 aromatic rings. The van der Waals surface area contributed by atoms with Crippen LogP contribution in [-0.2, 0) is 0 Å². The number of para-hydroxylation sites is 3. The lowest BCUT2D eigenvalue weighted by Gasteiger charge is -2.26. The topological polar surface area (TPSA) is 21.3 Å². The van der Waals surface area contributed by atoms with Gasteiger partial charge in [0.2, 0.25) is 0 Å². The van der Waals surface area contributed by atoms with Gasteiger partial charge in [-0.1, -0.05) is 170 Å². The minimum Gasteiger partial charge on any atom is -0.455 e. The molecule has 0 aliphatic carbocycles. The molecule has 63 heavy (non-hydrogen) atoms. The van der Waals surface area contributed by atoms with E-state index in [2.05, 4.69) is 240 Å². The van der Waals surface area contributed by atoms with Gasteiger partial charge in [-0.2, -0.15) is 0 Å². The summed E-state index contributed by atoms with van der Waals surface area (Å²) in [6.45, 7) is 0. The first kappa shape index (κ1) is 36.5. The zero-order valence-corrected chi connectivity index (χ0v) is 34.4. The van der Waals surface area contributed by atoms with Gasteiger partial charge in [-0.3, -0.25) is 0 Å². The van der Waals surface area contributed by atoms with Crippen LogP contribution in [0.15, 0.2) is 247 Å². The van der Waals surface area contributed by atoms with E-state index >= 15 is 0 Å². The van der Waals surface area contributed by atoms with E-state index in [1.54, 1.807) is 0 Å². The molecule has 0 aliphatic heterocycles. The van der Waals surface area contributed by atoms with Crippen LogP contribution >= 0.6 is 0 Å². The fraction of sp³-hybridized carbons (Fsp3) is 0. The molecule has 0 bridgehead atoms. The number of aromatic nitrogens is 1. The Balaban J connectivity index is 0.908. The predicted octanol–water partition coefficient (Wildman–Crippen LogP) is 16.8. The minimum absolute atomic E-state index is 0.904. The summed E-state index contributed by atoms with van der Waals surface area (Å²) in [5.74, 6) is 0. The molecule has 0 saturated carbocycles. The SMILES string of the molecule is c1ccc(-c2ccc(N(c3ccc(-c4ccc5c(c4)c4ccccc4n5-c4ccc(-c5ccccc5)cc4)cc3)c3ccc(-c4cccc5c4oc4ccccc45)cc3)cc2)cc1. The van der Waals surface area contributed by atoms with Crippen molar-refractivity contribution in [1.29, 1.82) is 0 Å². The molecule has 0 fully saturated rings. The van der Waals surface area contributed by atoms with Crippen molar-refractivity contribution < 1.29 is 4.42 Å². The second-order valence-electron chi connectivity index (χ2n) is 16.1. The number of anilines is 3. The summed E-state index contributed by atoms with van der Waals surface area (Å²) in [4.78, 5) is 2.34. The van der Waals surface area contributed by atoms with Gasteiger partial charge in [0.1, 0.15) is 11.2 Å². The van der Waals surface area contributed by atoms with Crippen LogP contribution in [0.4, 0.5) is 17.1 Å². The highest BCUT2D eigenvalue weighted by Crippen LogP contribution is 2.41. The zero-order valence-electron chi connectivity index (χ0n) is 34.4. The van der Waals surface area contributed by atoms with Gasteiger partial charge in [0.15, 0.2) is 0 Å². The molecule has 2 heterocycles. The summed E-state index contributed by atoms with van der Waals surface area (Å²) >= 11 is 0. The van der Waals surface area contributed by atoms with Gasteiger partial charge >= 0.3 is 0 Å². The molecule has 0 spiro atoms. The van der Waals surface area contributed by atoms with Crippen LogP contribution in [-0.4, -0.2) is 4.57 Å². The molecule has 0 radical (unpaired) electrons. The summed E-state index contributed by atoms with van der Waals surface area (Å²) in [6, 6.07) is 87.0. The molecule has 3 heteroatoms. The smallest absolute Gasteiger partial charge is 0.143 e. The summed E-state index contributed by atoms with van der Waals surface area (Å²) in [5.41, 5.74) is 17.9. The number of furan rings is 1. The second kappa shape index (κ2) is 15.3. The molecule has 0 aliphatic rings. The van der Waals surface area contributed by atoms with Crippen molar-refractivity contribution in [3.8, 4) is 50.2 Å². The van der Waals surface area contributed by atoms with E-state index in [4.69, 9.17) is 4.42 Å². The average molecular weight is 805 g/mol. The van der Waals surface area contributed by atoms with Crippen molar-refractivity contribution in [3.05, 3.63) is 243 Å². The molecule has 0 amide bonds. The predicted molar refractivity (Wildman–Crippen MR) is 264 cm³/mol. The Morgan fingerprint density at radius 3 is 1.40 bits per heavy atom. The number of hydrogen-bond acceptors (Lipinski definition) is 2. The van der Waals surface area contributed by atoms with Crippen LogP contribution in [0.5, 0.6) is 0 Å². The van der Waals surface area contributed by atoms with Gasteiger partial charge < -0.3 is 13.9 Å². The van der Waals surface area contributed by atoms with Crippen LogP contribution < -0.4 is 4.90 Å². The Morgan fingerprint density at radius 2 is 0.762 bits per heavy atom. The van der Waals surface area contributed by atoms with E-state index in [0.717, 1.165) is 55.8 Å². The highest BCUT2D eigenvalue weighted by molar-refractivity contribution is 6.11. The molecule has 0 atom stereocenters. The molecular formula is C60H40N2O. The Morgan fingerprint density at radius 1 is 0.302 bits per heavy atom. The van der Waals surface area contributed by atoms with Gasteiger partial charge in [-0.15, -0.1) is 0 Å². The fourth-order valence-corrected chi connectivity index (χ4v) is 9.31. The van der Waals surface area contributed by atoms with Crippen LogP contribution in [0.25, 0.3) is 93.9 Å². The molecule has 0 unspecified atom stereocenters. The molecule has 3 nitrogen and oxygen atoms in total. The van der Waals surface area contributed by atoms with Crippen LogP contribution in [0.2, 0.25) is 0 Å². The normalized spacial score (nSPS) is 11.5. The lowest BCUT2D eigenvalue weighted by molar-refractivity contribution is 0.670. The highest BCUT2D eigenvalue weighted by atomic mass is 16.3. The van der Waals surface area contributed by atoms with E-state index < -0.39 is 0 Å². The van der Waals surface area contributed by atoms with Crippen molar-refractivity contribution in [3.63, 3.8) is 0 Å². The lowest BCUT2D eigenvalue weighted by Crippen LogP contribution is -2.09. The third-order valence-corrected chi connectivity index (χ3v) is 12.4. The number of nitrogens with zero attached hydrogens (tertiary/aromatic N) is 2. The third kappa shape index (κ3) is 6.46. The van der Waals surface area contributed by atoms with E-state index in [9.17, 15) is 0 Å². The Bertz CT molecular complexity index is 3570. The van der Waals surface area contributed by atoms with Crippen LogP contribution in [0, 0.1) is 0 Å². The van der Waals surface area contributed by atoms with Crippen molar-refractivity contribution in [2.75, 3.05) is 4.90 Å². The summed E-state index contributed by atoms with van der Waals surface area (Å²) in [6.07, 6.45) is 0. The van der Waals surface area contributed by atoms with Gasteiger partial charge in [-0.05, 0) is 112 Å². The van der Waals surface area contributed by atoms with Crippen LogP contribution in [0.1, 0.15) is 0 Å². The minimum atomic E-state index is 0.904. The highest BCUT2D eigenvalue weighted by Gasteiger charge is 2.17. The first-order valence-electron chi connectivity index (χ1n) is 21.5. The maximum Gasteiger partial charge on any atom is 0.143 e. The first-order chi connectivity index (χ1) is 31.2. The molecule has 2 aromatic heterocycles. The maximum absolute atomic E-state index is 6.42. The number of benzene rings is 10. The van der Waals surface area contributed by atoms with Crippen molar-refractivity contribution >= 4 is 60.8 Å². The average Bonchev–Trinajstić information content (AvgIpc) is 3.91. The Labute approximate surface area is 366 Å². The third-order valence-electron chi connectivity index (χ3n) is 12.4. The van der Waals surface area contributed by atoms with Gasteiger partial charge in [0, 0.05) is 49.9 Å². The fourth-order valence-electron chi connectivity index (χ4n) is 9.31. The van der Waals surface area contributed by atoms with Crippen molar-refractivity contribution in [2.24, 2.45) is 0 Å². The Hall–Kier alpha value is -8.40. The molecular weight excluding hydrogens is 765 g/mol. The maximum atomic E-state index is 6.42. The zero-order chi connectivity index (χ0) is 41.7.